The van der Waals surface area contributed by atoms with Crippen molar-refractivity contribution in [1.82, 2.24) is 9.97 Å². The van der Waals surface area contributed by atoms with Crippen LogP contribution in [0.2, 0.25) is 0 Å². The fourth-order valence-corrected chi connectivity index (χ4v) is 2.76. The lowest BCUT2D eigenvalue weighted by atomic mass is 10.2. The number of aryl methyl sites for hydroxylation is 1. The first-order valence-corrected chi connectivity index (χ1v) is 8.52. The standard InChI is InChI=1S/C18H13FN2O4S/c1-11-5-6-20-18(21-11)26-10-14-8-15(22)16(9-24-14)25-17(23)12-3-2-4-13(19)7-12/h2-9H,10H2,1H3. The van der Waals surface area contributed by atoms with E-state index in [4.69, 9.17) is 9.15 Å². The molecular formula is C18H13FN2O4S. The summed E-state index contributed by atoms with van der Waals surface area (Å²) in [6.45, 7) is 1.85. The number of esters is 1. The van der Waals surface area contributed by atoms with E-state index in [2.05, 4.69) is 9.97 Å². The monoisotopic (exact) mass is 372 g/mol. The first kappa shape index (κ1) is 17.8. The van der Waals surface area contributed by atoms with Gasteiger partial charge in [0.05, 0.1) is 11.3 Å². The maximum atomic E-state index is 13.1. The van der Waals surface area contributed by atoms with Crippen LogP contribution in [0, 0.1) is 12.7 Å². The van der Waals surface area contributed by atoms with Crippen LogP contribution in [0.15, 0.2) is 63.2 Å². The van der Waals surface area contributed by atoms with Crippen molar-refractivity contribution in [3.05, 3.63) is 81.9 Å². The summed E-state index contributed by atoms with van der Waals surface area (Å²) in [5.74, 6) is -0.948. The lowest BCUT2D eigenvalue weighted by Crippen LogP contribution is -2.14. The Kier molecular flexibility index (Phi) is 5.43. The molecule has 0 atom stereocenters. The molecule has 0 unspecified atom stereocenters. The van der Waals surface area contributed by atoms with E-state index in [-0.39, 0.29) is 11.3 Å². The zero-order chi connectivity index (χ0) is 18.5. The van der Waals surface area contributed by atoms with Crippen molar-refractivity contribution < 1.29 is 18.3 Å². The van der Waals surface area contributed by atoms with Gasteiger partial charge in [0.25, 0.3) is 0 Å². The maximum absolute atomic E-state index is 13.1. The van der Waals surface area contributed by atoms with Gasteiger partial charge in [-0.05, 0) is 31.2 Å². The van der Waals surface area contributed by atoms with E-state index in [1.165, 1.54) is 36.0 Å². The van der Waals surface area contributed by atoms with Crippen molar-refractivity contribution in [2.24, 2.45) is 0 Å². The third-order valence-corrected chi connectivity index (χ3v) is 4.12. The van der Waals surface area contributed by atoms with Crippen LogP contribution < -0.4 is 10.2 Å². The predicted octanol–water partition coefficient (Wildman–Crippen LogP) is 3.39. The number of hydrogen-bond acceptors (Lipinski definition) is 7. The van der Waals surface area contributed by atoms with Crippen molar-refractivity contribution in [2.75, 3.05) is 0 Å². The molecule has 26 heavy (non-hydrogen) atoms. The van der Waals surface area contributed by atoms with E-state index in [9.17, 15) is 14.0 Å². The summed E-state index contributed by atoms with van der Waals surface area (Å²) in [6, 6.07) is 8.01. The quantitative estimate of drug-likeness (QED) is 0.386. The number of ether oxygens (including phenoxy) is 1. The third kappa shape index (κ3) is 4.54. The largest absolute Gasteiger partial charge is 0.464 e. The molecule has 2 heterocycles. The lowest BCUT2D eigenvalue weighted by Gasteiger charge is -2.05. The summed E-state index contributed by atoms with van der Waals surface area (Å²) in [5, 5.41) is 0.564. The highest BCUT2D eigenvalue weighted by molar-refractivity contribution is 7.98. The Balaban J connectivity index is 1.67. The average Bonchev–Trinajstić information content (AvgIpc) is 2.62. The van der Waals surface area contributed by atoms with E-state index in [0.717, 1.165) is 18.0 Å². The van der Waals surface area contributed by atoms with Crippen LogP contribution in [0.3, 0.4) is 0 Å². The van der Waals surface area contributed by atoms with Crippen molar-refractivity contribution >= 4 is 17.7 Å². The molecule has 0 saturated carbocycles. The molecule has 0 fully saturated rings. The molecule has 0 aliphatic carbocycles. The molecule has 0 aliphatic heterocycles. The number of halogens is 1. The van der Waals surface area contributed by atoms with Gasteiger partial charge in [-0.25, -0.2) is 19.2 Å². The molecule has 3 aromatic rings. The second-order valence-corrected chi connectivity index (χ2v) is 6.19. The molecule has 0 aliphatic rings. The van der Waals surface area contributed by atoms with Crippen LogP contribution in [0.5, 0.6) is 5.75 Å². The number of rotatable bonds is 5. The lowest BCUT2D eigenvalue weighted by molar-refractivity contribution is 0.0728. The summed E-state index contributed by atoms with van der Waals surface area (Å²) in [6.07, 6.45) is 2.71. The van der Waals surface area contributed by atoms with Gasteiger partial charge in [-0.15, -0.1) is 0 Å². The molecule has 0 saturated heterocycles. The van der Waals surface area contributed by atoms with Crippen LogP contribution in [0.1, 0.15) is 21.8 Å². The summed E-state index contributed by atoms with van der Waals surface area (Å²) >= 11 is 1.31. The van der Waals surface area contributed by atoms with Crippen molar-refractivity contribution in [2.45, 2.75) is 17.8 Å². The molecule has 2 aromatic heterocycles. The van der Waals surface area contributed by atoms with E-state index in [1.807, 2.05) is 6.92 Å². The van der Waals surface area contributed by atoms with E-state index < -0.39 is 17.2 Å². The Morgan fingerprint density at radius 2 is 2.15 bits per heavy atom. The molecule has 3 rings (SSSR count). The Morgan fingerprint density at radius 3 is 2.88 bits per heavy atom. The summed E-state index contributed by atoms with van der Waals surface area (Å²) < 4.78 is 23.4. The van der Waals surface area contributed by atoms with Gasteiger partial charge in [0, 0.05) is 18.0 Å². The van der Waals surface area contributed by atoms with Gasteiger partial charge >= 0.3 is 5.97 Å². The summed E-state index contributed by atoms with van der Waals surface area (Å²) in [5.41, 5.74) is 0.325. The molecule has 0 N–H and O–H groups in total. The number of nitrogens with zero attached hydrogens (tertiary/aromatic N) is 2. The minimum absolute atomic E-state index is 0.000582. The smallest absolute Gasteiger partial charge is 0.343 e. The minimum atomic E-state index is -0.841. The number of benzene rings is 1. The molecule has 1 aromatic carbocycles. The highest BCUT2D eigenvalue weighted by Gasteiger charge is 2.13. The van der Waals surface area contributed by atoms with Gasteiger partial charge in [0.2, 0.25) is 11.2 Å². The van der Waals surface area contributed by atoms with Crippen LogP contribution in [-0.4, -0.2) is 15.9 Å². The number of thioether (sulfide) groups is 1. The number of aromatic nitrogens is 2. The molecule has 0 spiro atoms. The summed E-state index contributed by atoms with van der Waals surface area (Å²) in [7, 11) is 0. The second-order valence-electron chi connectivity index (χ2n) is 5.24. The zero-order valence-electron chi connectivity index (χ0n) is 13.6. The van der Waals surface area contributed by atoms with Crippen molar-refractivity contribution in [3.8, 4) is 5.75 Å². The van der Waals surface area contributed by atoms with Crippen LogP contribution in [0.4, 0.5) is 4.39 Å². The second kappa shape index (κ2) is 7.92. The minimum Gasteiger partial charge on any atom is -0.464 e. The van der Waals surface area contributed by atoms with Gasteiger partial charge in [0.15, 0.2) is 5.16 Å². The Labute approximate surface area is 152 Å². The number of carbonyl (C=O) groups excluding carboxylic acids is 1. The Bertz CT molecular complexity index is 1010. The van der Waals surface area contributed by atoms with E-state index >= 15 is 0 Å². The molecule has 0 radical (unpaired) electrons. The molecule has 6 nitrogen and oxygen atoms in total. The van der Waals surface area contributed by atoms with Gasteiger partial charge in [-0.2, -0.15) is 0 Å². The predicted molar refractivity (Wildman–Crippen MR) is 92.7 cm³/mol. The van der Waals surface area contributed by atoms with Crippen LogP contribution in [-0.2, 0) is 5.75 Å². The van der Waals surface area contributed by atoms with E-state index in [0.29, 0.717) is 16.7 Å². The zero-order valence-corrected chi connectivity index (χ0v) is 14.5. The van der Waals surface area contributed by atoms with Crippen molar-refractivity contribution in [3.63, 3.8) is 0 Å². The van der Waals surface area contributed by atoms with Gasteiger partial charge in [-0.1, -0.05) is 17.8 Å². The highest BCUT2D eigenvalue weighted by atomic mass is 32.2. The molecule has 8 heteroatoms. The van der Waals surface area contributed by atoms with E-state index in [1.54, 1.807) is 12.3 Å². The topological polar surface area (TPSA) is 82.3 Å². The molecule has 132 valence electrons. The normalized spacial score (nSPS) is 10.5. The number of hydrogen-bond donors (Lipinski definition) is 0. The first-order chi connectivity index (χ1) is 12.5. The Hall–Kier alpha value is -3.00. The Morgan fingerprint density at radius 1 is 1.31 bits per heavy atom. The maximum Gasteiger partial charge on any atom is 0.343 e. The first-order valence-electron chi connectivity index (χ1n) is 7.53. The molecule has 0 bridgehead atoms. The SMILES string of the molecule is Cc1ccnc(SCc2cc(=O)c(OC(=O)c3cccc(F)c3)co2)n1. The van der Waals surface area contributed by atoms with Gasteiger partial charge < -0.3 is 9.15 Å². The third-order valence-electron chi connectivity index (χ3n) is 3.23. The summed E-state index contributed by atoms with van der Waals surface area (Å²) in [4.78, 5) is 32.4. The van der Waals surface area contributed by atoms with Crippen molar-refractivity contribution in [1.29, 1.82) is 0 Å². The molecule has 0 amide bonds. The average molecular weight is 372 g/mol. The van der Waals surface area contributed by atoms with Gasteiger partial charge in [0.1, 0.15) is 17.8 Å². The fraction of sp³-hybridized carbons (Fsp3) is 0.111. The highest BCUT2D eigenvalue weighted by Crippen LogP contribution is 2.19. The fourth-order valence-electron chi connectivity index (χ4n) is 1.99. The van der Waals surface area contributed by atoms with Crippen LogP contribution in [0.25, 0.3) is 0 Å². The number of carbonyl (C=O) groups is 1. The van der Waals surface area contributed by atoms with Gasteiger partial charge in [-0.3, -0.25) is 4.79 Å². The van der Waals surface area contributed by atoms with Crippen LogP contribution >= 0.6 is 11.8 Å². The molecular weight excluding hydrogens is 359 g/mol.